The number of carboxylic acid groups (broad SMARTS) is 1. The molecule has 1 saturated heterocycles. The first kappa shape index (κ1) is 10.4. The molecule has 5 atom stereocenters. The molecule has 0 spiro atoms. The Morgan fingerprint density at radius 1 is 1.00 bits per heavy atom. The minimum absolute atomic E-state index is 1.52. The molecule has 4 unspecified atom stereocenters. The van der Waals surface area contributed by atoms with Crippen molar-refractivity contribution in [3.8, 4) is 0 Å². The highest BCUT2D eigenvalue weighted by molar-refractivity contribution is 5.73. The first-order chi connectivity index (χ1) is 5.95. The third-order valence-corrected chi connectivity index (χ3v) is 1.83. The Hall–Kier alpha value is -0.730. The number of aliphatic hydroxyl groups is 4. The van der Waals surface area contributed by atoms with E-state index in [2.05, 4.69) is 4.74 Å². The van der Waals surface area contributed by atoms with Gasteiger partial charge in [-0.15, -0.1) is 0 Å². The molecule has 0 aliphatic carbocycles. The number of hydrogen-bond donors (Lipinski definition) is 5. The van der Waals surface area contributed by atoms with Crippen LogP contribution in [0, 0.1) is 0 Å². The summed E-state index contributed by atoms with van der Waals surface area (Å²) in [5.41, 5.74) is 0. The van der Waals surface area contributed by atoms with Crippen LogP contribution in [0.4, 0.5) is 0 Å². The van der Waals surface area contributed by atoms with Gasteiger partial charge in [-0.25, -0.2) is 4.79 Å². The molecule has 1 heterocycles. The fraction of sp³-hybridized carbons (Fsp3) is 0.833. The maximum absolute atomic E-state index is 10.4. The predicted molar refractivity (Wildman–Crippen MR) is 36.5 cm³/mol. The Bertz CT molecular complexity index is 205. The van der Waals surface area contributed by atoms with Crippen LogP contribution in [-0.4, -0.2) is 62.2 Å². The van der Waals surface area contributed by atoms with Crippen LogP contribution in [0.25, 0.3) is 0 Å². The van der Waals surface area contributed by atoms with Crippen molar-refractivity contribution in [3.05, 3.63) is 0 Å². The summed E-state index contributed by atoms with van der Waals surface area (Å²) in [6, 6.07) is 0. The number of ether oxygens (including phenoxy) is 1. The predicted octanol–water partition coefficient (Wildman–Crippen LogP) is -3.13. The lowest BCUT2D eigenvalue weighted by atomic mass is 9.99. The Morgan fingerprint density at radius 2 is 1.54 bits per heavy atom. The molecule has 0 aromatic carbocycles. The van der Waals surface area contributed by atoms with E-state index in [4.69, 9.17) is 25.5 Å². The fourth-order valence-electron chi connectivity index (χ4n) is 1.07. The van der Waals surface area contributed by atoms with Gasteiger partial charge in [-0.3, -0.25) is 0 Å². The SMILES string of the molecule is O=C(O)C1OC(O)[C@H](O)C(O)C1O. The van der Waals surface area contributed by atoms with Gasteiger partial charge in [-0.05, 0) is 0 Å². The molecule has 13 heavy (non-hydrogen) atoms. The van der Waals surface area contributed by atoms with Crippen LogP contribution in [0.2, 0.25) is 0 Å². The number of hydrogen-bond acceptors (Lipinski definition) is 6. The Labute approximate surface area is 72.8 Å². The lowest BCUT2D eigenvalue weighted by molar-refractivity contribution is -0.279. The zero-order chi connectivity index (χ0) is 10.2. The highest BCUT2D eigenvalue weighted by atomic mass is 16.6. The van der Waals surface area contributed by atoms with Crippen LogP contribution in [0.1, 0.15) is 0 Å². The van der Waals surface area contributed by atoms with Crippen LogP contribution in [0.5, 0.6) is 0 Å². The van der Waals surface area contributed by atoms with Gasteiger partial charge < -0.3 is 30.3 Å². The Morgan fingerprint density at radius 3 is 2.00 bits per heavy atom. The molecule has 7 nitrogen and oxygen atoms in total. The molecule has 0 amide bonds. The summed E-state index contributed by atoms with van der Waals surface area (Å²) in [7, 11) is 0. The molecule has 0 radical (unpaired) electrons. The molecule has 76 valence electrons. The second-order valence-corrected chi connectivity index (χ2v) is 2.76. The molecular weight excluding hydrogens is 184 g/mol. The van der Waals surface area contributed by atoms with Crippen LogP contribution in [0.3, 0.4) is 0 Å². The number of carboxylic acids is 1. The van der Waals surface area contributed by atoms with Crippen LogP contribution < -0.4 is 0 Å². The fourth-order valence-corrected chi connectivity index (χ4v) is 1.07. The number of rotatable bonds is 1. The van der Waals surface area contributed by atoms with E-state index in [1.165, 1.54) is 0 Å². The van der Waals surface area contributed by atoms with Crippen molar-refractivity contribution < 1.29 is 35.1 Å². The van der Waals surface area contributed by atoms with Gasteiger partial charge in [0.05, 0.1) is 0 Å². The number of aliphatic carboxylic acids is 1. The quantitative estimate of drug-likeness (QED) is 0.298. The minimum atomic E-state index is -1.81. The Kier molecular flexibility index (Phi) is 2.84. The van der Waals surface area contributed by atoms with Gasteiger partial charge >= 0.3 is 5.97 Å². The minimum Gasteiger partial charge on any atom is -0.479 e. The summed E-state index contributed by atoms with van der Waals surface area (Å²) in [5, 5.41) is 44.4. The van der Waals surface area contributed by atoms with Crippen molar-refractivity contribution in [2.24, 2.45) is 0 Å². The van der Waals surface area contributed by atoms with E-state index in [0.29, 0.717) is 0 Å². The van der Waals surface area contributed by atoms with E-state index in [9.17, 15) is 4.79 Å². The zero-order valence-electron chi connectivity index (χ0n) is 6.44. The van der Waals surface area contributed by atoms with Gasteiger partial charge in [0.25, 0.3) is 0 Å². The van der Waals surface area contributed by atoms with E-state index in [-0.39, 0.29) is 0 Å². The van der Waals surface area contributed by atoms with Gasteiger partial charge in [0.1, 0.15) is 18.3 Å². The third kappa shape index (κ3) is 1.79. The van der Waals surface area contributed by atoms with Gasteiger partial charge in [-0.2, -0.15) is 0 Å². The van der Waals surface area contributed by atoms with Crippen molar-refractivity contribution in [1.82, 2.24) is 0 Å². The van der Waals surface area contributed by atoms with Gasteiger partial charge in [0.2, 0.25) is 0 Å². The summed E-state index contributed by atoms with van der Waals surface area (Å²) in [4.78, 5) is 10.4. The molecule has 1 aliphatic rings. The maximum atomic E-state index is 10.4. The molecule has 0 saturated carbocycles. The van der Waals surface area contributed by atoms with Crippen molar-refractivity contribution in [3.63, 3.8) is 0 Å². The molecule has 5 N–H and O–H groups in total. The van der Waals surface area contributed by atoms with E-state index in [1.54, 1.807) is 0 Å². The van der Waals surface area contributed by atoms with Crippen molar-refractivity contribution in [2.75, 3.05) is 0 Å². The largest absolute Gasteiger partial charge is 0.479 e. The van der Waals surface area contributed by atoms with E-state index in [0.717, 1.165) is 0 Å². The zero-order valence-corrected chi connectivity index (χ0v) is 6.44. The van der Waals surface area contributed by atoms with Crippen molar-refractivity contribution in [2.45, 2.75) is 30.7 Å². The van der Waals surface area contributed by atoms with Gasteiger partial charge in [0.15, 0.2) is 12.4 Å². The van der Waals surface area contributed by atoms with Crippen LogP contribution in [0.15, 0.2) is 0 Å². The molecule has 0 aromatic rings. The molecule has 1 rings (SSSR count). The van der Waals surface area contributed by atoms with E-state index < -0.39 is 36.7 Å². The van der Waals surface area contributed by atoms with E-state index >= 15 is 0 Å². The third-order valence-electron chi connectivity index (χ3n) is 1.83. The normalized spacial score (nSPS) is 46.0. The summed E-state index contributed by atoms with van der Waals surface area (Å²) in [5.74, 6) is -1.52. The lowest BCUT2D eigenvalue weighted by Crippen LogP contribution is -2.59. The lowest BCUT2D eigenvalue weighted by Gasteiger charge is -2.36. The molecule has 0 bridgehead atoms. The molecule has 0 aromatic heterocycles. The van der Waals surface area contributed by atoms with Crippen LogP contribution in [-0.2, 0) is 9.53 Å². The molecule has 7 heteroatoms. The Balaban J connectivity index is 2.76. The van der Waals surface area contributed by atoms with Gasteiger partial charge in [-0.1, -0.05) is 0 Å². The maximum Gasteiger partial charge on any atom is 0.335 e. The van der Waals surface area contributed by atoms with E-state index in [1.807, 2.05) is 0 Å². The second-order valence-electron chi connectivity index (χ2n) is 2.76. The smallest absolute Gasteiger partial charge is 0.335 e. The summed E-state index contributed by atoms with van der Waals surface area (Å²) in [6.45, 7) is 0. The average Bonchev–Trinajstić information content (AvgIpc) is 2.07. The molecular formula is C6H10O7. The van der Waals surface area contributed by atoms with Crippen LogP contribution >= 0.6 is 0 Å². The summed E-state index contributed by atoms with van der Waals surface area (Å²) < 4.78 is 4.34. The summed E-state index contributed by atoms with van der Waals surface area (Å²) >= 11 is 0. The first-order valence-electron chi connectivity index (χ1n) is 3.55. The monoisotopic (exact) mass is 194 g/mol. The average molecular weight is 194 g/mol. The first-order valence-corrected chi connectivity index (χ1v) is 3.55. The highest BCUT2D eigenvalue weighted by Gasteiger charge is 2.46. The van der Waals surface area contributed by atoms with Crippen molar-refractivity contribution in [1.29, 1.82) is 0 Å². The second kappa shape index (κ2) is 3.56. The van der Waals surface area contributed by atoms with Crippen molar-refractivity contribution >= 4 is 5.97 Å². The topological polar surface area (TPSA) is 127 Å². The molecule has 1 aliphatic heterocycles. The number of aliphatic hydroxyl groups excluding tert-OH is 4. The standard InChI is InChI=1S/C6H10O7/c7-1-2(8)4(5(10)11)13-6(12)3(1)9/h1-4,6-9,12H,(H,10,11)/t1?,2?,3-,4?,6?/m1/s1. The van der Waals surface area contributed by atoms with Gasteiger partial charge in [0, 0.05) is 0 Å². The molecule has 1 fully saturated rings. The highest BCUT2D eigenvalue weighted by Crippen LogP contribution is 2.19. The number of carbonyl (C=O) groups is 1. The summed E-state index contributed by atoms with van der Waals surface area (Å²) in [6.07, 6.45) is -8.72.